The van der Waals surface area contributed by atoms with Gasteiger partial charge >= 0.3 is 14.2 Å². The molecule has 2 aromatic carbocycles. The van der Waals surface area contributed by atoms with E-state index in [9.17, 15) is 0 Å². The highest BCUT2D eigenvalue weighted by atomic mass is 32.1. The lowest BCUT2D eigenvalue weighted by Crippen LogP contribution is -2.41. The molecule has 0 bridgehead atoms. The maximum Gasteiger partial charge on any atom is 0.495 e. The molecule has 2 fully saturated rings. The maximum atomic E-state index is 16.3. The minimum Gasteiger partial charge on any atom is -0.464 e. The van der Waals surface area contributed by atoms with Crippen LogP contribution in [0.5, 0.6) is 5.75 Å². The molecule has 7 nitrogen and oxygen atoms in total. The zero-order chi connectivity index (χ0) is 36.1. The van der Waals surface area contributed by atoms with Crippen LogP contribution in [0.1, 0.15) is 99.1 Å². The third kappa shape index (κ3) is 6.63. The number of hydrogen-bond donors (Lipinski definition) is 0. The Labute approximate surface area is 296 Å². The lowest BCUT2D eigenvalue weighted by molar-refractivity contribution is 0.00578. The van der Waals surface area contributed by atoms with Gasteiger partial charge in [-0.05, 0) is 103 Å². The fourth-order valence-corrected chi connectivity index (χ4v) is 7.12. The number of aromatic nitrogens is 1. The van der Waals surface area contributed by atoms with Crippen LogP contribution in [0.15, 0.2) is 48.5 Å². The molecular weight excluding hydrogens is 639 g/mol. The molecule has 7 rings (SSSR count). The van der Waals surface area contributed by atoms with E-state index < -0.39 is 48.7 Å². The molecule has 0 amide bonds. The first-order valence-electron chi connectivity index (χ1n) is 17.5. The fourth-order valence-electron chi connectivity index (χ4n) is 6.11. The number of thiophene rings is 1. The highest BCUT2D eigenvalue weighted by Crippen LogP contribution is 2.47. The molecule has 3 aliphatic rings. The van der Waals surface area contributed by atoms with Gasteiger partial charge in [0.1, 0.15) is 11.6 Å². The van der Waals surface area contributed by atoms with Gasteiger partial charge in [-0.1, -0.05) is 39.8 Å². The summed E-state index contributed by atoms with van der Waals surface area (Å²) in [5, 5.41) is 0.948. The second-order valence-corrected chi connectivity index (χ2v) is 15.5. The number of nitrogens with zero attached hydrogens (tertiary/aromatic N) is 1. The van der Waals surface area contributed by atoms with Crippen molar-refractivity contribution < 1.29 is 32.5 Å². The second kappa shape index (κ2) is 13.8. The van der Waals surface area contributed by atoms with Gasteiger partial charge in [-0.3, -0.25) is 4.57 Å². The highest BCUT2D eigenvalue weighted by molar-refractivity contribution is 7.12. The van der Waals surface area contributed by atoms with Crippen LogP contribution >= 0.6 is 11.3 Å². The van der Waals surface area contributed by atoms with Gasteiger partial charge in [-0.25, -0.2) is 4.39 Å². The van der Waals surface area contributed by atoms with Crippen LogP contribution in [0.2, 0.25) is 0 Å². The molecule has 3 aliphatic heterocycles. The van der Waals surface area contributed by atoms with Crippen LogP contribution in [0.3, 0.4) is 0 Å². The molecule has 1 unspecified atom stereocenters. The molecule has 11 heteroatoms. The van der Waals surface area contributed by atoms with Crippen molar-refractivity contribution in [1.82, 2.24) is 4.57 Å². The Balaban J connectivity index is 0.00000113. The summed E-state index contributed by atoms with van der Waals surface area (Å²) in [5.41, 5.74) is 1.57. The Bertz CT molecular complexity index is 1770. The number of methoxy groups -OCH3 is 1. The molecule has 2 aromatic heterocycles. The summed E-state index contributed by atoms with van der Waals surface area (Å²) in [7, 11) is 0.489. The summed E-state index contributed by atoms with van der Waals surface area (Å²) in [6.07, 6.45) is 0.309. The van der Waals surface area contributed by atoms with E-state index in [1.165, 1.54) is 10.9 Å². The van der Waals surface area contributed by atoms with E-state index in [0.717, 1.165) is 33.4 Å². The summed E-state index contributed by atoms with van der Waals surface area (Å²) in [6, 6.07) is 15.8. The third-order valence-electron chi connectivity index (χ3n) is 10.2. The fraction of sp³-hybridized carbons (Fsp3) is 0.526. The molecule has 49 heavy (non-hydrogen) atoms. The molecule has 0 N–H and O–H groups in total. The average Bonchev–Trinajstić information content (AvgIpc) is 3.78. The van der Waals surface area contributed by atoms with Gasteiger partial charge in [0.25, 0.3) is 0 Å². The van der Waals surface area contributed by atoms with Crippen molar-refractivity contribution in [1.29, 1.82) is 0 Å². The second-order valence-electron chi connectivity index (χ2n) is 14.3. The lowest BCUT2D eigenvalue weighted by atomic mass is 9.78. The van der Waals surface area contributed by atoms with Gasteiger partial charge in [-0.2, -0.15) is 0 Å². The van der Waals surface area contributed by atoms with Crippen LogP contribution in [0.25, 0.3) is 22.2 Å². The number of halogens is 1. The molecule has 264 valence electrons. The predicted octanol–water partition coefficient (Wildman–Crippen LogP) is 8.29. The van der Waals surface area contributed by atoms with Gasteiger partial charge in [0.2, 0.25) is 6.23 Å². The van der Waals surface area contributed by atoms with E-state index in [4.69, 9.17) is 28.1 Å². The monoisotopic (exact) mass is 691 g/mol. The number of hydrogen-bond acceptors (Lipinski definition) is 7. The van der Waals surface area contributed by atoms with E-state index in [1.54, 1.807) is 18.4 Å². The topological polar surface area (TPSA) is 60.3 Å². The smallest absolute Gasteiger partial charge is 0.464 e. The van der Waals surface area contributed by atoms with Crippen LogP contribution in [0, 0.1) is 5.82 Å². The van der Waals surface area contributed by atoms with E-state index in [2.05, 4.69) is 28.8 Å². The van der Waals surface area contributed by atoms with Crippen molar-refractivity contribution in [2.75, 3.05) is 13.7 Å². The van der Waals surface area contributed by atoms with E-state index in [1.807, 2.05) is 101 Å². The maximum absolute atomic E-state index is 16.3. The third-order valence-corrected chi connectivity index (χ3v) is 11.4. The Kier molecular flexibility index (Phi) is 10.6. The SMILES string of the molecule is CC.CC.COCCc1ccc(C2Oc3cc(B4OC(C)(C)C(C)(C)O4)cc(F)c3-c3cc4cc(B5OC(C)(C)C(C)(C)O5)ccc4n32)s1. The standard InChI is InChI=1S/C34H40B2FNO6S.2C2H6/c1-31(2)32(3,4)42-35(41-31)21-10-12-25-20(16-21)17-26-29-24(37)18-22(36-43-33(5,6)34(7,8)44-36)19-27(29)40-30(38(25)26)28-13-11-23(45-28)14-15-39-9;2*1-2/h10-13,16-19,30H,14-15H2,1-9H3;2*1-2H3. The van der Waals surface area contributed by atoms with Crippen molar-refractivity contribution in [3.8, 4) is 17.0 Å². The zero-order valence-electron chi connectivity index (χ0n) is 31.4. The minimum absolute atomic E-state index is 0.391. The van der Waals surface area contributed by atoms with Crippen molar-refractivity contribution in [3.63, 3.8) is 0 Å². The first kappa shape index (κ1) is 37.6. The van der Waals surface area contributed by atoms with Crippen molar-refractivity contribution in [3.05, 3.63) is 64.1 Å². The molecule has 2 saturated heterocycles. The summed E-state index contributed by atoms with van der Waals surface area (Å²) >= 11 is 1.68. The molecule has 0 saturated carbocycles. The molecule has 0 radical (unpaired) electrons. The predicted molar refractivity (Wildman–Crippen MR) is 200 cm³/mol. The molecule has 4 aromatic rings. The van der Waals surface area contributed by atoms with Gasteiger partial charge in [-0.15, -0.1) is 11.3 Å². The molecule has 1 atom stereocenters. The zero-order valence-corrected chi connectivity index (χ0v) is 32.3. The van der Waals surface area contributed by atoms with E-state index in [-0.39, 0.29) is 0 Å². The van der Waals surface area contributed by atoms with Gasteiger partial charge < -0.3 is 28.1 Å². The van der Waals surface area contributed by atoms with Gasteiger partial charge in [0, 0.05) is 23.8 Å². The first-order valence-corrected chi connectivity index (χ1v) is 18.4. The Morgan fingerprint density at radius 3 is 1.90 bits per heavy atom. The quantitative estimate of drug-likeness (QED) is 0.190. The van der Waals surface area contributed by atoms with Crippen LogP contribution in [-0.2, 0) is 29.8 Å². The van der Waals surface area contributed by atoms with Gasteiger partial charge in [0.15, 0.2) is 0 Å². The van der Waals surface area contributed by atoms with Crippen LogP contribution in [0.4, 0.5) is 4.39 Å². The highest BCUT2D eigenvalue weighted by Gasteiger charge is 2.53. The molecule has 0 spiro atoms. The molecule has 0 aliphatic carbocycles. The lowest BCUT2D eigenvalue weighted by Gasteiger charge is -2.32. The van der Waals surface area contributed by atoms with Crippen LogP contribution < -0.4 is 15.7 Å². The Morgan fingerprint density at radius 2 is 1.33 bits per heavy atom. The summed E-state index contributed by atoms with van der Waals surface area (Å²) < 4.78 is 55.7. The summed E-state index contributed by atoms with van der Waals surface area (Å²) in [5.74, 6) is 0.0657. The normalized spacial score (nSPS) is 20.9. The van der Waals surface area contributed by atoms with E-state index >= 15 is 4.39 Å². The summed E-state index contributed by atoms with van der Waals surface area (Å²) in [4.78, 5) is 2.21. The molecular formula is C38H52B2FNO6S. The van der Waals surface area contributed by atoms with Crippen molar-refractivity contribution in [2.45, 2.75) is 118 Å². The Hall–Kier alpha value is -2.66. The average molecular weight is 692 g/mol. The van der Waals surface area contributed by atoms with Gasteiger partial charge in [0.05, 0.1) is 50.7 Å². The molecule has 5 heterocycles. The number of benzene rings is 2. The van der Waals surface area contributed by atoms with Crippen molar-refractivity contribution in [2.24, 2.45) is 0 Å². The Morgan fingerprint density at radius 1 is 0.755 bits per heavy atom. The van der Waals surface area contributed by atoms with E-state index in [0.29, 0.717) is 23.4 Å². The largest absolute Gasteiger partial charge is 0.495 e. The van der Waals surface area contributed by atoms with Crippen molar-refractivity contribution >= 4 is 47.4 Å². The number of fused-ring (bicyclic) bond motifs is 5. The minimum atomic E-state index is -0.713. The number of rotatable bonds is 6. The first-order chi connectivity index (χ1) is 23.1. The number of ether oxygens (including phenoxy) is 2. The van der Waals surface area contributed by atoms with Crippen LogP contribution in [-0.4, -0.2) is 54.9 Å². The summed E-state index contributed by atoms with van der Waals surface area (Å²) in [6.45, 7) is 24.8.